The molecule has 5 rings (SSSR count). The molecule has 4 heterocycles. The maximum absolute atomic E-state index is 6.15. The molecule has 1 saturated heterocycles. The Hall–Kier alpha value is -1.73. The van der Waals surface area contributed by atoms with Crippen molar-refractivity contribution in [1.29, 1.82) is 0 Å². The van der Waals surface area contributed by atoms with E-state index in [1.165, 1.54) is 30.8 Å². The smallest absolute Gasteiger partial charge is 0.147 e. The van der Waals surface area contributed by atoms with Gasteiger partial charge >= 0.3 is 0 Å². The van der Waals surface area contributed by atoms with Crippen LogP contribution >= 0.6 is 0 Å². The maximum Gasteiger partial charge on any atom is 0.147 e. The molecule has 1 aliphatic carbocycles. The molecule has 134 valence electrons. The predicted octanol–water partition coefficient (Wildman–Crippen LogP) is 1.87. The Morgan fingerprint density at radius 1 is 1.20 bits per heavy atom. The fourth-order valence-electron chi connectivity index (χ4n) is 4.38. The highest BCUT2D eigenvalue weighted by molar-refractivity contribution is 5.10. The van der Waals surface area contributed by atoms with Crippen molar-refractivity contribution in [2.75, 3.05) is 19.7 Å². The molecular formula is C18H26N6O. The molecule has 2 atom stereocenters. The van der Waals surface area contributed by atoms with Gasteiger partial charge in [-0.25, -0.2) is 0 Å². The molecule has 2 aromatic heterocycles. The van der Waals surface area contributed by atoms with Crippen LogP contribution in [0.5, 0.6) is 0 Å². The van der Waals surface area contributed by atoms with E-state index in [4.69, 9.17) is 4.74 Å². The first-order chi connectivity index (χ1) is 12.3. The summed E-state index contributed by atoms with van der Waals surface area (Å²) in [5.74, 6) is 3.56. The molecule has 7 nitrogen and oxygen atoms in total. The van der Waals surface area contributed by atoms with Crippen LogP contribution < -0.4 is 0 Å². The van der Waals surface area contributed by atoms with Crippen molar-refractivity contribution in [3.05, 3.63) is 29.6 Å². The van der Waals surface area contributed by atoms with E-state index in [1.54, 1.807) is 0 Å². The van der Waals surface area contributed by atoms with Crippen molar-refractivity contribution in [1.82, 2.24) is 29.4 Å². The first-order valence-electron chi connectivity index (χ1n) is 9.53. The Labute approximate surface area is 148 Å². The number of ether oxygens (including phenoxy) is 1. The summed E-state index contributed by atoms with van der Waals surface area (Å²) in [5, 5.41) is 13.3. The van der Waals surface area contributed by atoms with Crippen LogP contribution in [0.1, 0.15) is 55.0 Å². The molecule has 3 aliphatic rings. The van der Waals surface area contributed by atoms with Gasteiger partial charge in [-0.2, -0.15) is 5.10 Å². The van der Waals surface area contributed by atoms with E-state index in [2.05, 4.69) is 30.8 Å². The van der Waals surface area contributed by atoms with E-state index in [9.17, 15) is 0 Å². The quantitative estimate of drug-likeness (QED) is 0.849. The average molecular weight is 342 g/mol. The van der Waals surface area contributed by atoms with Crippen LogP contribution in [0.25, 0.3) is 0 Å². The maximum atomic E-state index is 6.15. The van der Waals surface area contributed by atoms with E-state index in [-0.39, 0.29) is 6.10 Å². The van der Waals surface area contributed by atoms with Crippen LogP contribution in [0, 0.1) is 5.92 Å². The Kier molecular flexibility index (Phi) is 3.86. The first-order valence-corrected chi connectivity index (χ1v) is 9.53. The SMILES string of the molecule is Cn1nccc1[C@@H]1OCCC[C@H]1CN1CCn2c(nnc2C2CC2)C1. The third-order valence-corrected chi connectivity index (χ3v) is 5.89. The second-order valence-corrected chi connectivity index (χ2v) is 7.71. The van der Waals surface area contributed by atoms with Crippen molar-refractivity contribution in [3.63, 3.8) is 0 Å². The molecule has 2 fully saturated rings. The molecule has 0 amide bonds. The van der Waals surface area contributed by atoms with Gasteiger partial charge in [-0.05, 0) is 31.7 Å². The monoisotopic (exact) mass is 342 g/mol. The summed E-state index contributed by atoms with van der Waals surface area (Å²) in [5.41, 5.74) is 1.20. The number of nitrogens with zero attached hydrogens (tertiary/aromatic N) is 6. The zero-order valence-corrected chi connectivity index (χ0v) is 14.8. The molecular weight excluding hydrogens is 316 g/mol. The zero-order valence-electron chi connectivity index (χ0n) is 14.8. The standard InChI is InChI=1S/C18H26N6O/c1-22-15(6-7-19-22)17-14(3-2-10-25-17)11-23-8-9-24-16(12-23)20-21-18(24)13-4-5-13/h6-7,13-14,17H,2-5,8-12H2,1H3/t14-,17+/m0/s1. The van der Waals surface area contributed by atoms with Gasteiger partial charge in [0.15, 0.2) is 0 Å². The molecule has 0 spiro atoms. The lowest BCUT2D eigenvalue weighted by atomic mass is 9.91. The lowest BCUT2D eigenvalue weighted by Gasteiger charge is -2.37. The highest BCUT2D eigenvalue weighted by atomic mass is 16.5. The van der Waals surface area contributed by atoms with Gasteiger partial charge in [0.1, 0.15) is 17.8 Å². The highest BCUT2D eigenvalue weighted by Crippen LogP contribution is 2.40. The minimum atomic E-state index is 0.156. The van der Waals surface area contributed by atoms with Crippen LogP contribution in [-0.4, -0.2) is 49.1 Å². The molecule has 1 saturated carbocycles. The largest absolute Gasteiger partial charge is 0.372 e. The van der Waals surface area contributed by atoms with E-state index in [1.807, 2.05) is 17.9 Å². The summed E-state index contributed by atoms with van der Waals surface area (Å²) in [6, 6.07) is 2.09. The number of aromatic nitrogens is 5. The lowest BCUT2D eigenvalue weighted by molar-refractivity contribution is -0.0455. The minimum absolute atomic E-state index is 0.156. The summed E-state index contributed by atoms with van der Waals surface area (Å²) in [7, 11) is 2.01. The summed E-state index contributed by atoms with van der Waals surface area (Å²) in [4.78, 5) is 2.53. The number of aryl methyl sites for hydroxylation is 1. The van der Waals surface area contributed by atoms with E-state index >= 15 is 0 Å². The van der Waals surface area contributed by atoms with E-state index < -0.39 is 0 Å². The van der Waals surface area contributed by atoms with Gasteiger partial charge in [-0.15, -0.1) is 10.2 Å². The Morgan fingerprint density at radius 2 is 2.12 bits per heavy atom. The third-order valence-electron chi connectivity index (χ3n) is 5.89. The van der Waals surface area contributed by atoms with Gasteiger partial charge in [0.25, 0.3) is 0 Å². The Balaban J connectivity index is 1.30. The third kappa shape index (κ3) is 2.89. The molecule has 2 aromatic rings. The van der Waals surface area contributed by atoms with Crippen LogP contribution in [0.15, 0.2) is 12.3 Å². The second-order valence-electron chi connectivity index (χ2n) is 7.71. The van der Waals surface area contributed by atoms with E-state index in [0.29, 0.717) is 11.8 Å². The van der Waals surface area contributed by atoms with Crippen molar-refractivity contribution in [3.8, 4) is 0 Å². The van der Waals surface area contributed by atoms with Gasteiger partial charge in [0.2, 0.25) is 0 Å². The molecule has 2 aliphatic heterocycles. The van der Waals surface area contributed by atoms with Crippen molar-refractivity contribution < 1.29 is 4.74 Å². The topological polar surface area (TPSA) is 61.0 Å². The second kappa shape index (κ2) is 6.21. The van der Waals surface area contributed by atoms with Crippen LogP contribution in [0.4, 0.5) is 0 Å². The summed E-state index contributed by atoms with van der Waals surface area (Å²) in [6.07, 6.45) is 6.96. The fraction of sp³-hybridized carbons (Fsp3) is 0.722. The van der Waals surface area contributed by atoms with Crippen molar-refractivity contribution >= 4 is 0 Å². The summed E-state index contributed by atoms with van der Waals surface area (Å²) < 4.78 is 10.5. The predicted molar refractivity (Wildman–Crippen MR) is 91.9 cm³/mol. The van der Waals surface area contributed by atoms with Gasteiger partial charge < -0.3 is 9.30 Å². The fourth-order valence-corrected chi connectivity index (χ4v) is 4.38. The lowest BCUT2D eigenvalue weighted by Crippen LogP contribution is -2.40. The summed E-state index contributed by atoms with van der Waals surface area (Å²) >= 11 is 0. The number of fused-ring (bicyclic) bond motifs is 1. The molecule has 0 aromatic carbocycles. The number of rotatable bonds is 4. The molecule has 7 heteroatoms. The van der Waals surface area contributed by atoms with Gasteiger partial charge in [0, 0.05) is 51.3 Å². The van der Waals surface area contributed by atoms with Gasteiger partial charge in [-0.1, -0.05) is 0 Å². The highest BCUT2D eigenvalue weighted by Gasteiger charge is 2.34. The normalized spacial score (nSPS) is 27.4. The van der Waals surface area contributed by atoms with Crippen LogP contribution in [0.3, 0.4) is 0 Å². The number of hydrogen-bond acceptors (Lipinski definition) is 5. The van der Waals surface area contributed by atoms with Crippen molar-refractivity contribution in [2.45, 2.75) is 50.8 Å². The molecule has 0 bridgehead atoms. The molecule has 25 heavy (non-hydrogen) atoms. The molecule has 0 N–H and O–H groups in total. The first kappa shape index (κ1) is 15.5. The molecule has 0 unspecified atom stereocenters. The Bertz CT molecular complexity index is 749. The Morgan fingerprint density at radius 3 is 2.92 bits per heavy atom. The van der Waals surface area contributed by atoms with Crippen LogP contribution in [0.2, 0.25) is 0 Å². The van der Waals surface area contributed by atoms with E-state index in [0.717, 1.165) is 45.0 Å². The van der Waals surface area contributed by atoms with Crippen LogP contribution in [-0.2, 0) is 24.9 Å². The number of hydrogen-bond donors (Lipinski definition) is 0. The van der Waals surface area contributed by atoms with Gasteiger partial charge in [-0.3, -0.25) is 9.58 Å². The average Bonchev–Trinajstić information content (AvgIpc) is 3.25. The summed E-state index contributed by atoms with van der Waals surface area (Å²) in [6.45, 7) is 4.93. The minimum Gasteiger partial charge on any atom is -0.372 e. The van der Waals surface area contributed by atoms with Crippen molar-refractivity contribution in [2.24, 2.45) is 13.0 Å². The van der Waals surface area contributed by atoms with Gasteiger partial charge in [0.05, 0.1) is 12.2 Å². The zero-order chi connectivity index (χ0) is 16.8. The molecule has 0 radical (unpaired) electrons.